The van der Waals surface area contributed by atoms with Crippen molar-refractivity contribution in [2.75, 3.05) is 6.54 Å². The Bertz CT molecular complexity index is 721. The third kappa shape index (κ3) is 2.50. The van der Waals surface area contributed by atoms with Crippen molar-refractivity contribution in [3.63, 3.8) is 0 Å². The molecule has 3 aromatic rings. The molecule has 0 unspecified atom stereocenters. The maximum atomic E-state index is 6.02. The molecule has 0 bridgehead atoms. The molecule has 3 rings (SSSR count). The Morgan fingerprint density at radius 1 is 1.16 bits per heavy atom. The number of benzene rings is 2. The Balaban J connectivity index is 2.13. The Hall–Kier alpha value is -1.42. The lowest BCUT2D eigenvalue weighted by atomic mass is 10.1. The topological polar surface area (TPSA) is 38.9 Å². The molecule has 0 spiro atoms. The maximum absolute atomic E-state index is 6.02. The second-order valence-corrected chi connectivity index (χ2v) is 5.79. The van der Waals surface area contributed by atoms with Crippen LogP contribution in [0.3, 0.4) is 0 Å². The van der Waals surface area contributed by atoms with E-state index in [1.165, 1.54) is 11.1 Å². The summed E-state index contributed by atoms with van der Waals surface area (Å²) in [6, 6.07) is 14.1. The number of fused-ring (bicyclic) bond motifs is 1. The number of rotatable bonds is 3. The van der Waals surface area contributed by atoms with E-state index in [9.17, 15) is 0 Å². The third-order valence-electron chi connectivity index (χ3n) is 3.01. The summed E-state index contributed by atoms with van der Waals surface area (Å²) in [6.45, 7) is 0.647. The van der Waals surface area contributed by atoms with Gasteiger partial charge in [-0.25, -0.2) is 4.98 Å². The summed E-state index contributed by atoms with van der Waals surface area (Å²) in [5, 5.41) is 1.78. The van der Waals surface area contributed by atoms with Crippen molar-refractivity contribution in [2.45, 2.75) is 6.42 Å². The zero-order valence-electron chi connectivity index (χ0n) is 10.3. The van der Waals surface area contributed by atoms with Crippen LogP contribution in [0.2, 0.25) is 5.02 Å². The number of hydrogen-bond acceptors (Lipinski definition) is 3. The Labute approximate surface area is 120 Å². The lowest BCUT2D eigenvalue weighted by molar-refractivity contribution is 0.970. The van der Waals surface area contributed by atoms with Crippen molar-refractivity contribution in [1.82, 2.24) is 4.98 Å². The molecular formula is C15H13ClN2S. The second kappa shape index (κ2) is 5.29. The van der Waals surface area contributed by atoms with Crippen LogP contribution >= 0.6 is 22.9 Å². The van der Waals surface area contributed by atoms with Crippen molar-refractivity contribution in [1.29, 1.82) is 0 Å². The van der Waals surface area contributed by atoms with E-state index in [4.69, 9.17) is 17.3 Å². The third-order valence-corrected chi connectivity index (χ3v) is 4.30. The van der Waals surface area contributed by atoms with Crippen molar-refractivity contribution in [3.05, 3.63) is 53.1 Å². The van der Waals surface area contributed by atoms with Gasteiger partial charge in [-0.1, -0.05) is 35.9 Å². The first kappa shape index (κ1) is 12.6. The van der Waals surface area contributed by atoms with Gasteiger partial charge in [0.15, 0.2) is 0 Å². The number of hydrogen-bond donors (Lipinski definition) is 1. The standard InChI is InChI=1S/C15H13ClN2S/c16-11-5-6-13-14(9-11)19-15(18-13)12-4-2-1-3-10(12)7-8-17/h1-6,9H,7-8,17H2. The van der Waals surface area contributed by atoms with Crippen molar-refractivity contribution in [3.8, 4) is 10.6 Å². The number of aromatic nitrogens is 1. The summed E-state index contributed by atoms with van der Waals surface area (Å²) in [7, 11) is 0. The van der Waals surface area contributed by atoms with Gasteiger partial charge in [0.1, 0.15) is 5.01 Å². The molecule has 0 atom stereocenters. The minimum atomic E-state index is 0.647. The number of nitrogens with zero attached hydrogens (tertiary/aromatic N) is 1. The van der Waals surface area contributed by atoms with Crippen LogP contribution in [0.5, 0.6) is 0 Å². The van der Waals surface area contributed by atoms with E-state index >= 15 is 0 Å². The highest BCUT2D eigenvalue weighted by Crippen LogP contribution is 2.33. The van der Waals surface area contributed by atoms with Crippen LogP contribution in [0.4, 0.5) is 0 Å². The van der Waals surface area contributed by atoms with Gasteiger partial charge in [-0.2, -0.15) is 0 Å². The van der Waals surface area contributed by atoms with Crippen LogP contribution in [0.1, 0.15) is 5.56 Å². The molecule has 0 aliphatic carbocycles. The van der Waals surface area contributed by atoms with Crippen molar-refractivity contribution in [2.24, 2.45) is 5.73 Å². The van der Waals surface area contributed by atoms with Gasteiger partial charge < -0.3 is 5.73 Å². The molecule has 2 nitrogen and oxygen atoms in total. The van der Waals surface area contributed by atoms with Gasteiger partial charge in [0.25, 0.3) is 0 Å². The molecule has 2 N–H and O–H groups in total. The van der Waals surface area contributed by atoms with Crippen LogP contribution in [-0.4, -0.2) is 11.5 Å². The maximum Gasteiger partial charge on any atom is 0.124 e. The first-order chi connectivity index (χ1) is 9.28. The quantitative estimate of drug-likeness (QED) is 0.787. The fraction of sp³-hybridized carbons (Fsp3) is 0.133. The molecular weight excluding hydrogens is 276 g/mol. The lowest BCUT2D eigenvalue weighted by Gasteiger charge is -2.04. The zero-order chi connectivity index (χ0) is 13.2. The Kier molecular flexibility index (Phi) is 3.51. The number of halogens is 1. The molecule has 0 aliphatic heterocycles. The largest absolute Gasteiger partial charge is 0.330 e. The summed E-state index contributed by atoms with van der Waals surface area (Å²) in [4.78, 5) is 4.69. The fourth-order valence-corrected chi connectivity index (χ4v) is 3.42. The highest BCUT2D eigenvalue weighted by Gasteiger charge is 2.10. The summed E-state index contributed by atoms with van der Waals surface area (Å²) < 4.78 is 1.12. The SMILES string of the molecule is NCCc1ccccc1-c1nc2ccc(Cl)cc2s1. The van der Waals surface area contributed by atoms with Gasteiger partial charge in [-0.05, 0) is 36.7 Å². The van der Waals surface area contributed by atoms with E-state index in [0.717, 1.165) is 26.7 Å². The average molecular weight is 289 g/mol. The van der Waals surface area contributed by atoms with Gasteiger partial charge in [-0.3, -0.25) is 0 Å². The molecule has 0 aliphatic rings. The van der Waals surface area contributed by atoms with Gasteiger partial charge in [0, 0.05) is 10.6 Å². The van der Waals surface area contributed by atoms with Crippen LogP contribution in [0, 0.1) is 0 Å². The molecule has 0 fully saturated rings. The summed E-state index contributed by atoms with van der Waals surface area (Å²) >= 11 is 7.69. The van der Waals surface area contributed by atoms with Crippen molar-refractivity contribution >= 4 is 33.2 Å². The van der Waals surface area contributed by atoms with E-state index in [2.05, 4.69) is 17.1 Å². The molecule has 1 aromatic heterocycles. The van der Waals surface area contributed by atoms with Crippen LogP contribution in [-0.2, 0) is 6.42 Å². The normalized spacial score (nSPS) is 11.1. The lowest BCUT2D eigenvalue weighted by Crippen LogP contribution is -2.03. The van der Waals surface area contributed by atoms with Crippen LogP contribution in [0.15, 0.2) is 42.5 Å². The van der Waals surface area contributed by atoms with E-state index in [1.807, 2.05) is 30.3 Å². The van der Waals surface area contributed by atoms with Gasteiger partial charge in [0.2, 0.25) is 0 Å². The highest BCUT2D eigenvalue weighted by atomic mass is 35.5. The van der Waals surface area contributed by atoms with E-state index < -0.39 is 0 Å². The number of nitrogens with two attached hydrogens (primary N) is 1. The highest BCUT2D eigenvalue weighted by molar-refractivity contribution is 7.21. The van der Waals surface area contributed by atoms with E-state index in [1.54, 1.807) is 11.3 Å². The molecule has 19 heavy (non-hydrogen) atoms. The summed E-state index contributed by atoms with van der Waals surface area (Å²) in [6.07, 6.45) is 0.868. The fourth-order valence-electron chi connectivity index (χ4n) is 2.12. The predicted molar refractivity (Wildman–Crippen MR) is 82.8 cm³/mol. The van der Waals surface area contributed by atoms with Gasteiger partial charge in [-0.15, -0.1) is 11.3 Å². The first-order valence-electron chi connectivity index (χ1n) is 6.12. The minimum Gasteiger partial charge on any atom is -0.330 e. The Morgan fingerprint density at radius 2 is 2.00 bits per heavy atom. The van der Waals surface area contributed by atoms with E-state index in [-0.39, 0.29) is 0 Å². The molecule has 4 heteroatoms. The summed E-state index contributed by atoms with van der Waals surface area (Å²) in [5.41, 5.74) is 9.08. The summed E-state index contributed by atoms with van der Waals surface area (Å²) in [5.74, 6) is 0. The minimum absolute atomic E-state index is 0.647. The van der Waals surface area contributed by atoms with Crippen molar-refractivity contribution < 1.29 is 0 Å². The van der Waals surface area contributed by atoms with Gasteiger partial charge >= 0.3 is 0 Å². The molecule has 0 amide bonds. The zero-order valence-corrected chi connectivity index (χ0v) is 11.8. The molecule has 96 valence electrons. The van der Waals surface area contributed by atoms with Crippen LogP contribution < -0.4 is 5.73 Å². The molecule has 0 saturated carbocycles. The van der Waals surface area contributed by atoms with E-state index in [0.29, 0.717) is 6.54 Å². The molecule has 0 saturated heterocycles. The Morgan fingerprint density at radius 3 is 2.84 bits per heavy atom. The number of thiazole rings is 1. The smallest absolute Gasteiger partial charge is 0.124 e. The monoisotopic (exact) mass is 288 g/mol. The average Bonchev–Trinajstić information content (AvgIpc) is 2.82. The second-order valence-electron chi connectivity index (χ2n) is 4.33. The first-order valence-corrected chi connectivity index (χ1v) is 7.32. The predicted octanol–water partition coefficient (Wildman–Crippen LogP) is 4.12. The molecule has 1 heterocycles. The van der Waals surface area contributed by atoms with Crippen LogP contribution in [0.25, 0.3) is 20.8 Å². The molecule has 0 radical (unpaired) electrons. The molecule has 2 aromatic carbocycles. The van der Waals surface area contributed by atoms with Gasteiger partial charge in [0.05, 0.1) is 10.2 Å².